The summed E-state index contributed by atoms with van der Waals surface area (Å²) >= 11 is 0. The molecule has 1 aromatic carbocycles. The van der Waals surface area contributed by atoms with Crippen molar-refractivity contribution in [2.24, 2.45) is 0 Å². The van der Waals surface area contributed by atoms with Gasteiger partial charge in [0.2, 0.25) is 0 Å². The van der Waals surface area contributed by atoms with E-state index in [1.165, 1.54) is 17.1 Å². The van der Waals surface area contributed by atoms with Gasteiger partial charge in [-0.2, -0.15) is 0 Å². The first kappa shape index (κ1) is 24.1. The van der Waals surface area contributed by atoms with Gasteiger partial charge >= 0.3 is 0 Å². The number of carbonyl (C=O) groups excluding carboxylic acids is 2. The van der Waals surface area contributed by atoms with Crippen molar-refractivity contribution in [3.63, 3.8) is 0 Å². The minimum atomic E-state index is -0.405. The van der Waals surface area contributed by atoms with Gasteiger partial charge in [0.1, 0.15) is 34.9 Å². The second kappa shape index (κ2) is 9.25. The third-order valence-corrected chi connectivity index (χ3v) is 6.97. The third kappa shape index (κ3) is 4.02. The summed E-state index contributed by atoms with van der Waals surface area (Å²) < 4.78 is 0. The van der Waals surface area contributed by atoms with Crippen molar-refractivity contribution in [1.29, 1.82) is 0 Å². The molecule has 0 N–H and O–H groups in total. The SMILES string of the molecule is CN1c2cccc(n2)N(C)c2cccc(n2)N(C)c2cccc(c2N2C(=O)C=CC2=O)N(C)c2cccc1n2. The maximum atomic E-state index is 13.0. The van der Waals surface area contributed by atoms with E-state index in [-0.39, 0.29) is 0 Å². The molecule has 5 heterocycles. The molecule has 10 heteroatoms. The molecular weight excluding hydrogens is 492 g/mol. The lowest BCUT2D eigenvalue weighted by atomic mass is 10.1. The number of carbonyl (C=O) groups is 2. The highest BCUT2D eigenvalue weighted by molar-refractivity contribution is 6.30. The highest BCUT2D eigenvalue weighted by atomic mass is 16.2. The summed E-state index contributed by atoms with van der Waals surface area (Å²) in [5.74, 6) is 3.26. The van der Waals surface area contributed by atoms with Crippen molar-refractivity contribution in [3.05, 3.63) is 84.9 Å². The van der Waals surface area contributed by atoms with Crippen LogP contribution in [-0.4, -0.2) is 55.0 Å². The van der Waals surface area contributed by atoms with Crippen molar-refractivity contribution in [2.45, 2.75) is 0 Å². The fraction of sp³-hybridized carbons (Fsp3) is 0.138. The molecule has 0 radical (unpaired) electrons. The summed E-state index contributed by atoms with van der Waals surface area (Å²) in [6, 6.07) is 22.9. The van der Waals surface area contributed by atoms with Gasteiger partial charge in [0.05, 0.1) is 17.1 Å². The molecule has 6 rings (SSSR count). The molecule has 0 fully saturated rings. The average molecular weight is 519 g/mol. The van der Waals surface area contributed by atoms with E-state index in [0.717, 1.165) is 0 Å². The first-order valence-electron chi connectivity index (χ1n) is 12.4. The Hall–Kier alpha value is -5.25. The number of hydrogen-bond acceptors (Lipinski definition) is 9. The lowest BCUT2D eigenvalue weighted by molar-refractivity contribution is -0.119. The molecule has 0 aliphatic carbocycles. The van der Waals surface area contributed by atoms with Crippen molar-refractivity contribution < 1.29 is 9.59 Å². The Morgan fingerprint density at radius 3 is 1.13 bits per heavy atom. The molecule has 2 amide bonds. The van der Waals surface area contributed by atoms with E-state index >= 15 is 0 Å². The zero-order chi connectivity index (χ0) is 27.3. The smallest absolute Gasteiger partial charge is 0.258 e. The molecule has 0 atom stereocenters. The predicted molar refractivity (Wildman–Crippen MR) is 153 cm³/mol. The summed E-state index contributed by atoms with van der Waals surface area (Å²) in [6.45, 7) is 0. The highest BCUT2D eigenvalue weighted by Gasteiger charge is 2.32. The van der Waals surface area contributed by atoms with Crippen LogP contribution in [0.25, 0.3) is 0 Å². The van der Waals surface area contributed by atoms with Crippen LogP contribution < -0.4 is 24.5 Å². The molecule has 8 bridgehead atoms. The van der Waals surface area contributed by atoms with Crippen LogP contribution in [0.15, 0.2) is 84.9 Å². The summed E-state index contributed by atoms with van der Waals surface area (Å²) in [5, 5.41) is 0. The standard InChI is InChI=1S/C29H26N8O2/c1-33-19-9-5-10-20(29(19)37-27(38)17-18-28(37)39)34(2)22-12-7-14-24(31-22)36(4)26-16-8-15-25(32-26)35(3)23-13-6-11-21(33)30-23/h5-18H,1-4H3. The van der Waals surface area contributed by atoms with Gasteiger partial charge in [-0.25, -0.2) is 19.9 Å². The van der Waals surface area contributed by atoms with Crippen molar-refractivity contribution in [3.8, 4) is 0 Å². The van der Waals surface area contributed by atoms with E-state index in [1.54, 1.807) is 0 Å². The molecule has 2 aliphatic rings. The Morgan fingerprint density at radius 1 is 0.462 bits per heavy atom. The number of rotatable bonds is 1. The maximum absolute atomic E-state index is 13.0. The second-order valence-corrected chi connectivity index (χ2v) is 9.29. The zero-order valence-electron chi connectivity index (χ0n) is 22.0. The number of benzene rings is 1. The van der Waals surface area contributed by atoms with Crippen LogP contribution in [-0.2, 0) is 9.59 Å². The first-order valence-corrected chi connectivity index (χ1v) is 12.4. The average Bonchev–Trinajstić information content (AvgIpc) is 3.31. The van der Waals surface area contributed by atoms with Gasteiger partial charge in [0.15, 0.2) is 0 Å². The molecule has 0 saturated carbocycles. The van der Waals surface area contributed by atoms with Crippen molar-refractivity contribution >= 4 is 63.8 Å². The molecule has 0 spiro atoms. The van der Waals surface area contributed by atoms with E-state index < -0.39 is 11.8 Å². The van der Waals surface area contributed by atoms with Gasteiger partial charge < -0.3 is 19.6 Å². The number of nitrogens with zero attached hydrogens (tertiary/aromatic N) is 8. The second-order valence-electron chi connectivity index (χ2n) is 9.29. The van der Waals surface area contributed by atoms with Gasteiger partial charge in [0, 0.05) is 40.3 Å². The van der Waals surface area contributed by atoms with Gasteiger partial charge in [-0.1, -0.05) is 24.3 Å². The molecule has 4 aromatic rings. The van der Waals surface area contributed by atoms with Crippen LogP contribution >= 0.6 is 0 Å². The number of anilines is 9. The van der Waals surface area contributed by atoms with Crippen LogP contribution in [0.3, 0.4) is 0 Å². The highest BCUT2D eigenvalue weighted by Crippen LogP contribution is 2.43. The molecule has 10 nitrogen and oxygen atoms in total. The van der Waals surface area contributed by atoms with E-state index in [0.29, 0.717) is 52.0 Å². The molecule has 194 valence electrons. The fourth-order valence-corrected chi connectivity index (χ4v) is 4.75. The molecule has 39 heavy (non-hydrogen) atoms. The summed E-state index contributed by atoms with van der Waals surface area (Å²) in [4.78, 5) is 49.4. The van der Waals surface area contributed by atoms with Gasteiger partial charge in [-0.05, 0) is 48.5 Å². The topological polar surface area (TPSA) is 89.0 Å². The Morgan fingerprint density at radius 2 is 0.769 bits per heavy atom. The van der Waals surface area contributed by atoms with Gasteiger partial charge in [0.25, 0.3) is 11.8 Å². The monoisotopic (exact) mass is 518 g/mol. The number of aromatic nitrogens is 3. The van der Waals surface area contributed by atoms with E-state index in [2.05, 4.69) is 0 Å². The van der Waals surface area contributed by atoms with Crippen LogP contribution in [0.2, 0.25) is 0 Å². The van der Waals surface area contributed by atoms with Crippen LogP contribution in [0, 0.1) is 0 Å². The number of fused-ring (bicyclic) bond motifs is 8. The number of amides is 2. The normalized spacial score (nSPS) is 14.9. The molecule has 2 aliphatic heterocycles. The Kier molecular flexibility index (Phi) is 5.72. The Bertz CT molecular complexity index is 1540. The lowest BCUT2D eigenvalue weighted by Crippen LogP contribution is -2.33. The van der Waals surface area contributed by atoms with E-state index in [9.17, 15) is 9.59 Å². The molecule has 0 saturated heterocycles. The minimum Gasteiger partial charge on any atom is -0.328 e. The van der Waals surface area contributed by atoms with Gasteiger partial charge in [-0.3, -0.25) is 9.59 Å². The zero-order valence-corrected chi connectivity index (χ0v) is 22.0. The lowest BCUT2D eigenvalue weighted by Gasteiger charge is -2.31. The largest absolute Gasteiger partial charge is 0.328 e. The fourth-order valence-electron chi connectivity index (χ4n) is 4.75. The predicted octanol–water partition coefficient (Wildman–Crippen LogP) is 4.69. The quantitative estimate of drug-likeness (QED) is 0.333. The molecule has 3 aromatic heterocycles. The summed E-state index contributed by atoms with van der Waals surface area (Å²) in [7, 11) is 7.55. The number of pyridine rings is 3. The molecular formula is C29H26N8O2. The van der Waals surface area contributed by atoms with Crippen molar-refractivity contribution in [1.82, 2.24) is 15.0 Å². The van der Waals surface area contributed by atoms with E-state index in [1.807, 2.05) is 121 Å². The number of imide groups is 1. The molecule has 0 unspecified atom stereocenters. The number of para-hydroxylation sites is 1. The third-order valence-electron chi connectivity index (χ3n) is 6.97. The minimum absolute atomic E-state index is 0.405. The Balaban J connectivity index is 1.63. The number of hydrogen-bond donors (Lipinski definition) is 0. The van der Waals surface area contributed by atoms with Crippen LogP contribution in [0.4, 0.5) is 52.0 Å². The van der Waals surface area contributed by atoms with E-state index in [4.69, 9.17) is 15.0 Å². The maximum Gasteiger partial charge on any atom is 0.258 e. The van der Waals surface area contributed by atoms with Gasteiger partial charge in [-0.15, -0.1) is 0 Å². The van der Waals surface area contributed by atoms with Crippen molar-refractivity contribution in [2.75, 3.05) is 52.7 Å². The first-order chi connectivity index (χ1) is 18.8. The van der Waals surface area contributed by atoms with Crippen LogP contribution in [0.1, 0.15) is 0 Å². The summed E-state index contributed by atoms with van der Waals surface area (Å²) in [5.41, 5.74) is 1.72. The Labute approximate surface area is 226 Å². The summed E-state index contributed by atoms with van der Waals surface area (Å²) in [6.07, 6.45) is 2.58. The van der Waals surface area contributed by atoms with Crippen LogP contribution in [0.5, 0.6) is 0 Å².